The SMILES string of the molecule is COCOC1CCN(C(=O)NCCc2ccccc2)CC1. The van der Waals surface area contributed by atoms with Crippen molar-refractivity contribution in [3.05, 3.63) is 35.9 Å². The fraction of sp³-hybridized carbons (Fsp3) is 0.562. The topological polar surface area (TPSA) is 50.8 Å². The maximum Gasteiger partial charge on any atom is 0.317 e. The van der Waals surface area contributed by atoms with Crippen molar-refractivity contribution < 1.29 is 14.3 Å². The fourth-order valence-electron chi connectivity index (χ4n) is 2.46. The Morgan fingerprint density at radius 1 is 1.29 bits per heavy atom. The summed E-state index contributed by atoms with van der Waals surface area (Å²) in [5, 5.41) is 2.98. The number of amides is 2. The number of urea groups is 1. The second kappa shape index (κ2) is 8.64. The van der Waals surface area contributed by atoms with Gasteiger partial charge >= 0.3 is 6.03 Å². The van der Waals surface area contributed by atoms with Crippen LogP contribution in [0.4, 0.5) is 4.79 Å². The van der Waals surface area contributed by atoms with Crippen molar-refractivity contribution in [1.82, 2.24) is 10.2 Å². The van der Waals surface area contributed by atoms with Crippen molar-refractivity contribution in [1.29, 1.82) is 0 Å². The van der Waals surface area contributed by atoms with Gasteiger partial charge in [-0.05, 0) is 24.8 Å². The van der Waals surface area contributed by atoms with Crippen LogP contribution in [-0.4, -0.2) is 50.6 Å². The van der Waals surface area contributed by atoms with Gasteiger partial charge in [-0.15, -0.1) is 0 Å². The molecule has 5 heteroatoms. The maximum absolute atomic E-state index is 12.1. The highest BCUT2D eigenvalue weighted by Crippen LogP contribution is 2.13. The van der Waals surface area contributed by atoms with Gasteiger partial charge in [-0.1, -0.05) is 30.3 Å². The molecule has 21 heavy (non-hydrogen) atoms. The highest BCUT2D eigenvalue weighted by molar-refractivity contribution is 5.74. The monoisotopic (exact) mass is 292 g/mol. The average molecular weight is 292 g/mol. The number of methoxy groups -OCH3 is 1. The van der Waals surface area contributed by atoms with Gasteiger partial charge in [-0.3, -0.25) is 0 Å². The molecule has 1 aromatic rings. The number of benzene rings is 1. The van der Waals surface area contributed by atoms with E-state index in [0.29, 0.717) is 13.3 Å². The Labute approximate surface area is 126 Å². The van der Waals surface area contributed by atoms with Crippen molar-refractivity contribution in [2.45, 2.75) is 25.4 Å². The third-order valence-corrected chi connectivity index (χ3v) is 3.68. The molecule has 1 aliphatic rings. The van der Waals surface area contributed by atoms with E-state index in [4.69, 9.17) is 9.47 Å². The zero-order chi connectivity index (χ0) is 14.9. The quantitative estimate of drug-likeness (QED) is 0.816. The first-order valence-corrected chi connectivity index (χ1v) is 7.47. The van der Waals surface area contributed by atoms with E-state index in [1.165, 1.54) is 5.56 Å². The zero-order valence-corrected chi connectivity index (χ0v) is 12.6. The van der Waals surface area contributed by atoms with Gasteiger partial charge in [0.1, 0.15) is 6.79 Å². The highest BCUT2D eigenvalue weighted by Gasteiger charge is 2.22. The standard InChI is InChI=1S/C16H24N2O3/c1-20-13-21-15-8-11-18(12-9-15)16(19)17-10-7-14-5-3-2-4-6-14/h2-6,15H,7-13H2,1H3,(H,17,19). The Hall–Kier alpha value is -1.59. The van der Waals surface area contributed by atoms with Crippen molar-refractivity contribution in [2.75, 3.05) is 33.5 Å². The van der Waals surface area contributed by atoms with Crippen LogP contribution in [0.25, 0.3) is 0 Å². The van der Waals surface area contributed by atoms with Gasteiger partial charge in [0.25, 0.3) is 0 Å². The number of piperidine rings is 1. The first-order valence-electron chi connectivity index (χ1n) is 7.47. The van der Waals surface area contributed by atoms with Crippen LogP contribution >= 0.6 is 0 Å². The van der Waals surface area contributed by atoms with Crippen LogP contribution in [0.15, 0.2) is 30.3 Å². The van der Waals surface area contributed by atoms with Gasteiger partial charge in [0.15, 0.2) is 0 Å². The summed E-state index contributed by atoms with van der Waals surface area (Å²) in [6, 6.07) is 10.2. The van der Waals surface area contributed by atoms with E-state index < -0.39 is 0 Å². The van der Waals surface area contributed by atoms with E-state index in [9.17, 15) is 4.79 Å². The Kier molecular flexibility index (Phi) is 6.50. The maximum atomic E-state index is 12.1. The molecule has 1 aliphatic heterocycles. The summed E-state index contributed by atoms with van der Waals surface area (Å²) >= 11 is 0. The van der Waals surface area contributed by atoms with Crippen LogP contribution in [0.2, 0.25) is 0 Å². The van der Waals surface area contributed by atoms with Crippen molar-refractivity contribution in [3.8, 4) is 0 Å². The summed E-state index contributed by atoms with van der Waals surface area (Å²) < 4.78 is 10.4. The molecule has 1 heterocycles. The van der Waals surface area contributed by atoms with E-state index in [1.54, 1.807) is 7.11 Å². The second-order valence-electron chi connectivity index (χ2n) is 5.23. The first-order chi connectivity index (χ1) is 10.3. The van der Waals surface area contributed by atoms with Crippen molar-refractivity contribution >= 4 is 6.03 Å². The largest absolute Gasteiger partial charge is 0.359 e. The summed E-state index contributed by atoms with van der Waals surface area (Å²) in [6.07, 6.45) is 2.81. The number of rotatable bonds is 6. The number of nitrogens with zero attached hydrogens (tertiary/aromatic N) is 1. The minimum Gasteiger partial charge on any atom is -0.359 e. The lowest BCUT2D eigenvalue weighted by Crippen LogP contribution is -2.46. The predicted molar refractivity (Wildman–Crippen MR) is 81.1 cm³/mol. The van der Waals surface area contributed by atoms with Crippen LogP contribution in [0.1, 0.15) is 18.4 Å². The lowest BCUT2D eigenvalue weighted by atomic mass is 10.1. The number of carbonyl (C=O) groups is 1. The van der Waals surface area contributed by atoms with Gasteiger partial charge in [-0.2, -0.15) is 0 Å². The zero-order valence-electron chi connectivity index (χ0n) is 12.6. The van der Waals surface area contributed by atoms with Crippen molar-refractivity contribution in [3.63, 3.8) is 0 Å². The Bertz CT molecular complexity index is 417. The van der Waals surface area contributed by atoms with Crippen LogP contribution < -0.4 is 5.32 Å². The van der Waals surface area contributed by atoms with E-state index in [1.807, 2.05) is 23.1 Å². The minimum atomic E-state index is 0.0242. The molecular formula is C16H24N2O3. The highest BCUT2D eigenvalue weighted by atomic mass is 16.7. The molecule has 1 N–H and O–H groups in total. The molecule has 2 rings (SSSR count). The van der Waals surface area contributed by atoms with Crippen molar-refractivity contribution in [2.24, 2.45) is 0 Å². The predicted octanol–water partition coefficient (Wildman–Crippen LogP) is 2.02. The third-order valence-electron chi connectivity index (χ3n) is 3.68. The lowest BCUT2D eigenvalue weighted by Gasteiger charge is -2.31. The number of ether oxygens (including phenoxy) is 2. The molecule has 0 aromatic heterocycles. The number of carbonyl (C=O) groups excluding carboxylic acids is 1. The molecule has 1 fully saturated rings. The van der Waals surface area contributed by atoms with E-state index in [0.717, 1.165) is 32.4 Å². The number of hydrogen-bond donors (Lipinski definition) is 1. The van der Waals surface area contributed by atoms with E-state index in [-0.39, 0.29) is 12.1 Å². The molecule has 0 saturated carbocycles. The number of nitrogens with one attached hydrogen (secondary N) is 1. The van der Waals surface area contributed by atoms with Crippen LogP contribution in [0.5, 0.6) is 0 Å². The van der Waals surface area contributed by atoms with E-state index >= 15 is 0 Å². The number of hydrogen-bond acceptors (Lipinski definition) is 3. The smallest absolute Gasteiger partial charge is 0.317 e. The Morgan fingerprint density at radius 3 is 2.67 bits per heavy atom. The van der Waals surface area contributed by atoms with Crippen LogP contribution in [-0.2, 0) is 15.9 Å². The minimum absolute atomic E-state index is 0.0242. The van der Waals surface area contributed by atoms with Gasteiger partial charge < -0.3 is 19.7 Å². The van der Waals surface area contributed by atoms with Gasteiger partial charge in [-0.25, -0.2) is 4.79 Å². The van der Waals surface area contributed by atoms with Gasteiger partial charge in [0.2, 0.25) is 0 Å². The molecule has 0 atom stereocenters. The second-order valence-corrected chi connectivity index (χ2v) is 5.23. The molecule has 0 aliphatic carbocycles. The Balaban J connectivity index is 1.63. The molecular weight excluding hydrogens is 268 g/mol. The van der Waals surface area contributed by atoms with Gasteiger partial charge in [0.05, 0.1) is 6.10 Å². The summed E-state index contributed by atoms with van der Waals surface area (Å²) in [5.74, 6) is 0. The fourth-order valence-corrected chi connectivity index (χ4v) is 2.46. The summed E-state index contributed by atoms with van der Waals surface area (Å²) in [4.78, 5) is 13.9. The summed E-state index contributed by atoms with van der Waals surface area (Å²) in [7, 11) is 1.62. The lowest BCUT2D eigenvalue weighted by molar-refractivity contribution is -0.0857. The molecule has 0 spiro atoms. The molecule has 2 amide bonds. The van der Waals surface area contributed by atoms with Gasteiger partial charge in [0, 0.05) is 26.7 Å². The molecule has 0 unspecified atom stereocenters. The van der Waals surface area contributed by atoms with Crippen LogP contribution in [0, 0.1) is 0 Å². The number of likely N-dealkylation sites (tertiary alicyclic amines) is 1. The third kappa shape index (κ3) is 5.36. The Morgan fingerprint density at radius 2 is 2.00 bits per heavy atom. The molecule has 1 saturated heterocycles. The average Bonchev–Trinajstić information content (AvgIpc) is 2.54. The molecule has 0 bridgehead atoms. The normalized spacial score (nSPS) is 16.0. The molecule has 1 aromatic carbocycles. The van der Waals surface area contributed by atoms with Crippen LogP contribution in [0.3, 0.4) is 0 Å². The molecule has 0 radical (unpaired) electrons. The summed E-state index contributed by atoms with van der Waals surface area (Å²) in [6.45, 7) is 2.48. The molecule has 116 valence electrons. The van der Waals surface area contributed by atoms with E-state index in [2.05, 4.69) is 17.4 Å². The summed E-state index contributed by atoms with van der Waals surface area (Å²) in [5.41, 5.74) is 1.24. The first kappa shape index (κ1) is 15.8. The molecule has 5 nitrogen and oxygen atoms in total.